The summed E-state index contributed by atoms with van der Waals surface area (Å²) in [5.74, 6) is 1.24. The molecular formula is C18H21N5O3S2. The zero-order valence-corrected chi connectivity index (χ0v) is 17.7. The molecule has 0 aliphatic heterocycles. The number of amides is 1. The quantitative estimate of drug-likeness (QED) is 0.580. The molecule has 148 valence electrons. The fourth-order valence-corrected chi connectivity index (χ4v) is 3.54. The lowest BCUT2D eigenvalue weighted by atomic mass is 9.98. The fourth-order valence-electron chi connectivity index (χ4n) is 2.15. The Balaban J connectivity index is 1.49. The van der Waals surface area contributed by atoms with Gasteiger partial charge in [0.2, 0.25) is 16.9 Å². The lowest BCUT2D eigenvalue weighted by molar-refractivity contribution is -0.113. The van der Waals surface area contributed by atoms with Crippen molar-refractivity contribution < 1.29 is 13.9 Å². The van der Waals surface area contributed by atoms with E-state index < -0.39 is 0 Å². The normalized spacial score (nSPS) is 11.4. The highest BCUT2D eigenvalue weighted by molar-refractivity contribution is 7.99. The van der Waals surface area contributed by atoms with E-state index >= 15 is 0 Å². The molecule has 10 heteroatoms. The molecule has 0 aliphatic carbocycles. The van der Waals surface area contributed by atoms with E-state index in [9.17, 15) is 4.79 Å². The first-order valence-electron chi connectivity index (χ1n) is 8.55. The van der Waals surface area contributed by atoms with Gasteiger partial charge in [0.25, 0.3) is 5.22 Å². The Bertz CT molecular complexity index is 931. The third kappa shape index (κ3) is 5.52. The minimum Gasteiger partial charge on any atom is -0.497 e. The first kappa shape index (κ1) is 20.3. The summed E-state index contributed by atoms with van der Waals surface area (Å²) in [5.41, 5.74) is 0.934. The van der Waals surface area contributed by atoms with Crippen molar-refractivity contribution in [1.82, 2.24) is 20.4 Å². The summed E-state index contributed by atoms with van der Waals surface area (Å²) in [6.45, 7) is 6.15. The SMILES string of the molecule is COc1ccc(Cc2nnc(SCC(=O)Nc3nnc(C(C)(C)C)s3)o2)cc1. The number of nitrogens with zero attached hydrogens (tertiary/aromatic N) is 4. The molecule has 0 saturated heterocycles. The highest BCUT2D eigenvalue weighted by atomic mass is 32.2. The summed E-state index contributed by atoms with van der Waals surface area (Å²) in [7, 11) is 1.63. The second-order valence-corrected chi connectivity index (χ2v) is 8.89. The number of aromatic nitrogens is 4. The molecular weight excluding hydrogens is 398 g/mol. The number of thioether (sulfide) groups is 1. The molecule has 3 aromatic rings. The Morgan fingerprint density at radius 2 is 1.93 bits per heavy atom. The van der Waals surface area contributed by atoms with Crippen molar-refractivity contribution in [2.45, 2.75) is 37.8 Å². The number of nitrogens with one attached hydrogen (secondary N) is 1. The van der Waals surface area contributed by atoms with Crippen LogP contribution in [0.4, 0.5) is 5.13 Å². The van der Waals surface area contributed by atoms with Crippen molar-refractivity contribution in [3.8, 4) is 5.75 Å². The fraction of sp³-hybridized carbons (Fsp3) is 0.389. The van der Waals surface area contributed by atoms with Gasteiger partial charge in [-0.1, -0.05) is 56.0 Å². The van der Waals surface area contributed by atoms with Crippen LogP contribution in [-0.4, -0.2) is 39.2 Å². The van der Waals surface area contributed by atoms with E-state index in [0.717, 1.165) is 16.3 Å². The topological polar surface area (TPSA) is 103 Å². The van der Waals surface area contributed by atoms with Crippen LogP contribution in [0.3, 0.4) is 0 Å². The molecule has 0 radical (unpaired) electrons. The minimum atomic E-state index is -0.198. The van der Waals surface area contributed by atoms with E-state index in [1.54, 1.807) is 7.11 Å². The molecule has 0 fully saturated rings. The van der Waals surface area contributed by atoms with E-state index in [1.807, 2.05) is 45.0 Å². The third-order valence-electron chi connectivity index (χ3n) is 3.60. The molecule has 1 amide bonds. The van der Waals surface area contributed by atoms with Gasteiger partial charge in [0.1, 0.15) is 10.8 Å². The van der Waals surface area contributed by atoms with Gasteiger partial charge in [-0.05, 0) is 17.7 Å². The zero-order chi connectivity index (χ0) is 20.1. The average Bonchev–Trinajstić information content (AvgIpc) is 3.30. The molecule has 0 unspecified atom stereocenters. The van der Waals surface area contributed by atoms with Gasteiger partial charge < -0.3 is 9.15 Å². The Labute approximate surface area is 171 Å². The molecule has 1 aromatic carbocycles. The maximum Gasteiger partial charge on any atom is 0.277 e. The lowest BCUT2D eigenvalue weighted by Gasteiger charge is -2.12. The molecule has 0 bridgehead atoms. The molecule has 2 heterocycles. The number of hydrogen-bond donors (Lipinski definition) is 1. The number of benzene rings is 1. The number of methoxy groups -OCH3 is 1. The summed E-state index contributed by atoms with van der Waals surface area (Å²) >= 11 is 2.56. The minimum absolute atomic E-state index is 0.0978. The van der Waals surface area contributed by atoms with Crippen LogP contribution < -0.4 is 10.1 Å². The monoisotopic (exact) mass is 419 g/mol. The van der Waals surface area contributed by atoms with Crippen molar-refractivity contribution in [2.75, 3.05) is 18.2 Å². The maximum atomic E-state index is 12.1. The van der Waals surface area contributed by atoms with Gasteiger partial charge in [0.15, 0.2) is 0 Å². The van der Waals surface area contributed by atoms with Crippen molar-refractivity contribution >= 4 is 34.1 Å². The largest absolute Gasteiger partial charge is 0.497 e. The van der Waals surface area contributed by atoms with Crippen molar-refractivity contribution in [3.63, 3.8) is 0 Å². The number of anilines is 1. The summed E-state index contributed by atoms with van der Waals surface area (Å²) in [4.78, 5) is 12.1. The van der Waals surface area contributed by atoms with Crippen LogP contribution in [0.25, 0.3) is 0 Å². The predicted octanol–water partition coefficient (Wildman–Crippen LogP) is 3.55. The van der Waals surface area contributed by atoms with Crippen LogP contribution >= 0.6 is 23.1 Å². The smallest absolute Gasteiger partial charge is 0.277 e. The third-order valence-corrected chi connectivity index (χ3v) is 5.69. The molecule has 0 aliphatic rings. The predicted molar refractivity (Wildman–Crippen MR) is 108 cm³/mol. The summed E-state index contributed by atoms with van der Waals surface area (Å²) < 4.78 is 10.7. The van der Waals surface area contributed by atoms with Crippen LogP contribution in [0, 0.1) is 0 Å². The van der Waals surface area contributed by atoms with Gasteiger partial charge in [-0.3, -0.25) is 10.1 Å². The average molecular weight is 420 g/mol. The first-order chi connectivity index (χ1) is 13.3. The van der Waals surface area contributed by atoms with E-state index in [0.29, 0.717) is 22.7 Å². The summed E-state index contributed by atoms with van der Waals surface area (Å²) in [6, 6.07) is 7.64. The van der Waals surface area contributed by atoms with Gasteiger partial charge in [0, 0.05) is 5.41 Å². The van der Waals surface area contributed by atoms with Crippen molar-refractivity contribution in [3.05, 3.63) is 40.7 Å². The lowest BCUT2D eigenvalue weighted by Crippen LogP contribution is -2.13. The highest BCUT2D eigenvalue weighted by Crippen LogP contribution is 2.28. The molecule has 1 N–H and O–H groups in total. The summed E-state index contributed by atoms with van der Waals surface area (Å²) in [6.07, 6.45) is 0.518. The Hall–Kier alpha value is -2.46. The van der Waals surface area contributed by atoms with E-state index in [2.05, 4.69) is 25.7 Å². The Morgan fingerprint density at radius 3 is 2.57 bits per heavy atom. The van der Waals surface area contributed by atoms with Crippen molar-refractivity contribution in [1.29, 1.82) is 0 Å². The van der Waals surface area contributed by atoms with Gasteiger partial charge in [-0.2, -0.15) is 0 Å². The summed E-state index contributed by atoms with van der Waals surface area (Å²) in [5, 5.41) is 20.6. The van der Waals surface area contributed by atoms with Crippen molar-refractivity contribution in [2.24, 2.45) is 0 Å². The van der Waals surface area contributed by atoms with Crippen LogP contribution in [0.2, 0.25) is 0 Å². The Morgan fingerprint density at radius 1 is 1.18 bits per heavy atom. The van der Waals surface area contributed by atoms with Crippen LogP contribution in [0.5, 0.6) is 5.75 Å². The van der Waals surface area contributed by atoms with E-state index in [1.165, 1.54) is 23.1 Å². The molecule has 2 aromatic heterocycles. The number of rotatable bonds is 7. The standard InChI is InChI=1S/C18H21N5O3S2/c1-18(2,3)15-21-22-16(28-15)19-13(24)10-27-17-23-20-14(26-17)9-11-5-7-12(25-4)8-6-11/h5-8H,9-10H2,1-4H3,(H,19,22,24). The van der Waals surface area contributed by atoms with E-state index in [-0.39, 0.29) is 17.1 Å². The molecule has 28 heavy (non-hydrogen) atoms. The number of hydrogen-bond acceptors (Lipinski definition) is 9. The number of ether oxygens (including phenoxy) is 1. The molecule has 8 nitrogen and oxygen atoms in total. The van der Waals surface area contributed by atoms with Gasteiger partial charge in [-0.25, -0.2) is 0 Å². The van der Waals surface area contributed by atoms with E-state index in [4.69, 9.17) is 9.15 Å². The maximum absolute atomic E-state index is 12.1. The van der Waals surface area contributed by atoms with Gasteiger partial charge >= 0.3 is 0 Å². The molecule has 0 saturated carbocycles. The van der Waals surface area contributed by atoms with Crippen LogP contribution in [0.1, 0.15) is 37.2 Å². The first-order valence-corrected chi connectivity index (χ1v) is 10.4. The highest BCUT2D eigenvalue weighted by Gasteiger charge is 2.20. The number of carbonyl (C=O) groups is 1. The van der Waals surface area contributed by atoms with Crippen LogP contribution in [-0.2, 0) is 16.6 Å². The van der Waals surface area contributed by atoms with Gasteiger partial charge in [0.05, 0.1) is 19.3 Å². The second-order valence-electron chi connectivity index (χ2n) is 6.99. The van der Waals surface area contributed by atoms with Gasteiger partial charge in [-0.15, -0.1) is 20.4 Å². The second kappa shape index (κ2) is 8.70. The zero-order valence-electron chi connectivity index (χ0n) is 16.1. The van der Waals surface area contributed by atoms with Crippen LogP contribution in [0.15, 0.2) is 33.9 Å². The Kier molecular flexibility index (Phi) is 6.30. The molecule has 0 atom stereocenters. The number of carbonyl (C=O) groups excluding carboxylic acids is 1. The molecule has 3 rings (SSSR count). The molecule has 0 spiro atoms.